The molecular formula is C9H17NO2S. The molecule has 1 fully saturated rings. The van der Waals surface area contributed by atoms with E-state index >= 15 is 0 Å². The third kappa shape index (κ3) is 2.88. The van der Waals surface area contributed by atoms with E-state index in [4.69, 9.17) is 4.74 Å². The number of nitrogens with one attached hydrogen (secondary N) is 1. The Morgan fingerprint density at radius 2 is 2.23 bits per heavy atom. The maximum atomic E-state index is 11.2. The van der Waals surface area contributed by atoms with E-state index in [2.05, 4.69) is 19.2 Å². The van der Waals surface area contributed by atoms with Crippen molar-refractivity contribution in [1.82, 2.24) is 5.32 Å². The Kier molecular flexibility index (Phi) is 4.06. The third-order valence-corrected chi connectivity index (χ3v) is 3.45. The van der Waals surface area contributed by atoms with E-state index in [0.29, 0.717) is 12.0 Å². The summed E-state index contributed by atoms with van der Waals surface area (Å²) < 4.78 is 4.70. The molecule has 0 spiro atoms. The van der Waals surface area contributed by atoms with Crippen molar-refractivity contribution in [2.75, 3.05) is 18.6 Å². The van der Waals surface area contributed by atoms with E-state index in [1.54, 1.807) is 0 Å². The van der Waals surface area contributed by atoms with Crippen LogP contribution < -0.4 is 5.32 Å². The summed E-state index contributed by atoms with van der Waals surface area (Å²) in [6.45, 7) is 4.33. The number of hydrogen-bond acceptors (Lipinski definition) is 4. The molecule has 2 unspecified atom stereocenters. The van der Waals surface area contributed by atoms with Gasteiger partial charge in [-0.15, -0.1) is 0 Å². The number of ether oxygens (including phenoxy) is 1. The van der Waals surface area contributed by atoms with Gasteiger partial charge in [0.25, 0.3) is 0 Å². The predicted octanol–water partition coefficient (Wildman–Crippen LogP) is 0.889. The minimum atomic E-state index is -0.141. The second-order valence-corrected chi connectivity index (χ2v) is 4.71. The maximum absolute atomic E-state index is 11.2. The monoisotopic (exact) mass is 203 g/mol. The topological polar surface area (TPSA) is 38.3 Å². The van der Waals surface area contributed by atoms with Gasteiger partial charge >= 0.3 is 5.97 Å². The van der Waals surface area contributed by atoms with Crippen LogP contribution in [0.4, 0.5) is 0 Å². The average molecular weight is 203 g/mol. The number of hydrogen-bond donors (Lipinski definition) is 1. The molecular weight excluding hydrogens is 186 g/mol. The molecule has 1 N–H and O–H groups in total. The van der Waals surface area contributed by atoms with E-state index in [-0.39, 0.29) is 12.0 Å². The summed E-state index contributed by atoms with van der Waals surface area (Å²) in [5.41, 5.74) is 0. The van der Waals surface area contributed by atoms with Gasteiger partial charge in [0.1, 0.15) is 6.04 Å². The molecule has 0 aromatic heterocycles. The SMILES string of the molecule is COC(=O)C1CSCC(C(C)C)N1. The van der Waals surface area contributed by atoms with Gasteiger partial charge in [-0.25, -0.2) is 0 Å². The van der Waals surface area contributed by atoms with Gasteiger partial charge < -0.3 is 4.74 Å². The Labute approximate surface area is 83.6 Å². The van der Waals surface area contributed by atoms with Crippen LogP contribution in [0, 0.1) is 5.92 Å². The summed E-state index contributed by atoms with van der Waals surface area (Å²) >= 11 is 1.82. The summed E-state index contributed by atoms with van der Waals surface area (Å²) in [6.07, 6.45) is 0. The van der Waals surface area contributed by atoms with Crippen LogP contribution in [0.2, 0.25) is 0 Å². The molecule has 0 aromatic carbocycles. The maximum Gasteiger partial charge on any atom is 0.323 e. The molecule has 1 aliphatic heterocycles. The Balaban J connectivity index is 2.46. The summed E-state index contributed by atoms with van der Waals surface area (Å²) in [4.78, 5) is 11.2. The molecule has 13 heavy (non-hydrogen) atoms. The molecule has 76 valence electrons. The van der Waals surface area contributed by atoms with Crippen molar-refractivity contribution in [3.8, 4) is 0 Å². The summed E-state index contributed by atoms with van der Waals surface area (Å²) in [7, 11) is 1.44. The molecule has 0 amide bonds. The lowest BCUT2D eigenvalue weighted by atomic mass is 10.1. The molecule has 0 bridgehead atoms. The molecule has 1 aliphatic rings. The van der Waals surface area contributed by atoms with Crippen molar-refractivity contribution >= 4 is 17.7 Å². The smallest absolute Gasteiger partial charge is 0.323 e. The first kappa shape index (κ1) is 10.9. The number of rotatable bonds is 2. The van der Waals surface area contributed by atoms with Crippen LogP contribution in [0.25, 0.3) is 0 Å². The van der Waals surface area contributed by atoms with E-state index in [9.17, 15) is 4.79 Å². The van der Waals surface area contributed by atoms with Crippen LogP contribution in [0.15, 0.2) is 0 Å². The minimum absolute atomic E-state index is 0.115. The lowest BCUT2D eigenvalue weighted by Crippen LogP contribution is -2.52. The van der Waals surface area contributed by atoms with Crippen LogP contribution in [0.5, 0.6) is 0 Å². The molecule has 0 aliphatic carbocycles. The van der Waals surface area contributed by atoms with Gasteiger partial charge in [-0.2, -0.15) is 11.8 Å². The van der Waals surface area contributed by atoms with Crippen LogP contribution in [-0.2, 0) is 9.53 Å². The number of esters is 1. The van der Waals surface area contributed by atoms with Crippen molar-refractivity contribution in [2.45, 2.75) is 25.9 Å². The van der Waals surface area contributed by atoms with Gasteiger partial charge in [0.15, 0.2) is 0 Å². The first-order valence-electron chi connectivity index (χ1n) is 4.56. The van der Waals surface area contributed by atoms with Crippen LogP contribution >= 0.6 is 11.8 Å². The van der Waals surface area contributed by atoms with Crippen molar-refractivity contribution in [3.63, 3.8) is 0 Å². The highest BCUT2D eigenvalue weighted by Crippen LogP contribution is 2.18. The highest BCUT2D eigenvalue weighted by atomic mass is 32.2. The predicted molar refractivity (Wildman–Crippen MR) is 54.9 cm³/mol. The standard InChI is InChI=1S/C9H17NO2S/c1-6(2)7-4-13-5-8(10-7)9(11)12-3/h6-8,10H,4-5H2,1-3H3. The zero-order valence-electron chi connectivity index (χ0n) is 8.37. The van der Waals surface area contributed by atoms with Gasteiger partial charge in [-0.1, -0.05) is 13.8 Å². The van der Waals surface area contributed by atoms with Crippen molar-refractivity contribution in [3.05, 3.63) is 0 Å². The first-order valence-corrected chi connectivity index (χ1v) is 5.72. The lowest BCUT2D eigenvalue weighted by Gasteiger charge is -2.31. The zero-order valence-corrected chi connectivity index (χ0v) is 9.19. The Morgan fingerprint density at radius 1 is 1.54 bits per heavy atom. The molecule has 4 heteroatoms. The molecule has 3 nitrogen and oxygen atoms in total. The second-order valence-electron chi connectivity index (χ2n) is 3.63. The zero-order chi connectivity index (χ0) is 9.84. The van der Waals surface area contributed by atoms with Gasteiger partial charge in [0.2, 0.25) is 0 Å². The Bertz CT molecular complexity index is 184. The van der Waals surface area contributed by atoms with Gasteiger partial charge in [-0.05, 0) is 5.92 Å². The van der Waals surface area contributed by atoms with Crippen LogP contribution in [-0.4, -0.2) is 36.7 Å². The second kappa shape index (κ2) is 4.86. The third-order valence-electron chi connectivity index (χ3n) is 2.29. The molecule has 1 heterocycles. The Morgan fingerprint density at radius 3 is 2.77 bits per heavy atom. The van der Waals surface area contributed by atoms with Gasteiger partial charge in [0, 0.05) is 17.5 Å². The van der Waals surface area contributed by atoms with Gasteiger partial charge in [0.05, 0.1) is 7.11 Å². The van der Waals surface area contributed by atoms with E-state index in [0.717, 1.165) is 11.5 Å². The van der Waals surface area contributed by atoms with E-state index < -0.39 is 0 Å². The van der Waals surface area contributed by atoms with Crippen molar-refractivity contribution < 1.29 is 9.53 Å². The normalized spacial score (nSPS) is 28.9. The molecule has 0 saturated carbocycles. The minimum Gasteiger partial charge on any atom is -0.468 e. The fourth-order valence-electron chi connectivity index (χ4n) is 1.33. The quantitative estimate of drug-likeness (QED) is 0.676. The molecule has 1 saturated heterocycles. The highest BCUT2D eigenvalue weighted by molar-refractivity contribution is 7.99. The van der Waals surface area contributed by atoms with Crippen molar-refractivity contribution in [2.24, 2.45) is 5.92 Å². The summed E-state index contributed by atoms with van der Waals surface area (Å²) in [5.74, 6) is 2.35. The Hall–Kier alpha value is -0.220. The van der Waals surface area contributed by atoms with E-state index in [1.165, 1.54) is 7.11 Å². The van der Waals surface area contributed by atoms with Crippen molar-refractivity contribution in [1.29, 1.82) is 0 Å². The molecule has 0 aromatic rings. The van der Waals surface area contributed by atoms with E-state index in [1.807, 2.05) is 11.8 Å². The lowest BCUT2D eigenvalue weighted by molar-refractivity contribution is -0.142. The average Bonchev–Trinajstić information content (AvgIpc) is 2.17. The fraction of sp³-hybridized carbons (Fsp3) is 0.889. The fourth-order valence-corrected chi connectivity index (χ4v) is 2.67. The molecule has 2 atom stereocenters. The molecule has 0 radical (unpaired) electrons. The number of methoxy groups -OCH3 is 1. The molecule has 1 rings (SSSR count). The number of carbonyl (C=O) groups excluding carboxylic acids is 1. The number of carbonyl (C=O) groups is 1. The number of thioether (sulfide) groups is 1. The van der Waals surface area contributed by atoms with Crippen LogP contribution in [0.3, 0.4) is 0 Å². The highest BCUT2D eigenvalue weighted by Gasteiger charge is 2.28. The van der Waals surface area contributed by atoms with Crippen LogP contribution in [0.1, 0.15) is 13.8 Å². The summed E-state index contributed by atoms with van der Waals surface area (Å²) in [5, 5.41) is 3.31. The first-order chi connectivity index (χ1) is 6.15. The largest absolute Gasteiger partial charge is 0.468 e. The van der Waals surface area contributed by atoms with Gasteiger partial charge in [-0.3, -0.25) is 10.1 Å². The summed E-state index contributed by atoms with van der Waals surface area (Å²) in [6, 6.07) is 0.319.